The molecule has 1 aliphatic carbocycles. The standard InChI is InChI=1S/C15H22N4O2/c1-2-4-9-7-19(8-11(9)14(20)21)13-10-5-3-6-12(10)17-15(16)18-13/h9,11H,2-8H2,1H3,(H,20,21)(H2,16,17,18)/t9-,11-/m1/s1. The Morgan fingerprint density at radius 3 is 2.90 bits per heavy atom. The first-order valence-electron chi connectivity index (χ1n) is 7.73. The molecule has 0 unspecified atom stereocenters. The Morgan fingerprint density at radius 1 is 1.38 bits per heavy atom. The van der Waals surface area contributed by atoms with Gasteiger partial charge in [-0.05, 0) is 31.6 Å². The number of aliphatic carboxylic acids is 1. The highest BCUT2D eigenvalue weighted by Gasteiger charge is 2.38. The predicted molar refractivity (Wildman–Crippen MR) is 80.2 cm³/mol. The van der Waals surface area contributed by atoms with Crippen LogP contribution in [0.1, 0.15) is 37.4 Å². The van der Waals surface area contributed by atoms with Gasteiger partial charge in [0.2, 0.25) is 5.95 Å². The molecule has 0 amide bonds. The summed E-state index contributed by atoms with van der Waals surface area (Å²) in [5.41, 5.74) is 8.04. The first kappa shape index (κ1) is 14.1. The molecule has 6 heteroatoms. The van der Waals surface area contributed by atoms with E-state index in [-0.39, 0.29) is 11.8 Å². The summed E-state index contributed by atoms with van der Waals surface area (Å²) in [6.07, 6.45) is 4.94. The fourth-order valence-corrected chi connectivity index (χ4v) is 3.68. The monoisotopic (exact) mass is 290 g/mol. The van der Waals surface area contributed by atoms with Crippen molar-refractivity contribution in [3.8, 4) is 0 Å². The molecule has 3 rings (SSSR count). The highest BCUT2D eigenvalue weighted by atomic mass is 16.4. The van der Waals surface area contributed by atoms with Gasteiger partial charge in [-0.1, -0.05) is 13.3 Å². The van der Waals surface area contributed by atoms with Crippen molar-refractivity contribution in [3.63, 3.8) is 0 Å². The number of hydrogen-bond acceptors (Lipinski definition) is 5. The quantitative estimate of drug-likeness (QED) is 0.872. The minimum absolute atomic E-state index is 0.195. The predicted octanol–water partition coefficient (Wildman–Crippen LogP) is 1.48. The fraction of sp³-hybridized carbons (Fsp3) is 0.667. The van der Waals surface area contributed by atoms with Crippen molar-refractivity contribution < 1.29 is 9.90 Å². The maximum Gasteiger partial charge on any atom is 0.308 e. The Morgan fingerprint density at radius 2 is 2.19 bits per heavy atom. The van der Waals surface area contributed by atoms with Crippen LogP contribution in [0.25, 0.3) is 0 Å². The molecule has 0 saturated carbocycles. The lowest BCUT2D eigenvalue weighted by atomic mass is 9.92. The first-order chi connectivity index (χ1) is 10.1. The second-order valence-electron chi connectivity index (χ2n) is 6.08. The van der Waals surface area contributed by atoms with Gasteiger partial charge in [-0.15, -0.1) is 0 Å². The zero-order valence-corrected chi connectivity index (χ0v) is 12.4. The lowest BCUT2D eigenvalue weighted by Crippen LogP contribution is -2.25. The molecule has 0 spiro atoms. The van der Waals surface area contributed by atoms with Gasteiger partial charge in [-0.3, -0.25) is 4.79 Å². The van der Waals surface area contributed by atoms with Gasteiger partial charge in [0.15, 0.2) is 0 Å². The van der Waals surface area contributed by atoms with Crippen molar-refractivity contribution in [3.05, 3.63) is 11.3 Å². The van der Waals surface area contributed by atoms with Gasteiger partial charge < -0.3 is 15.7 Å². The molecular formula is C15H22N4O2. The van der Waals surface area contributed by atoms with E-state index in [9.17, 15) is 9.90 Å². The molecule has 1 fully saturated rings. The van der Waals surface area contributed by atoms with Gasteiger partial charge in [0.05, 0.1) is 11.6 Å². The van der Waals surface area contributed by atoms with E-state index in [1.807, 2.05) is 0 Å². The normalized spacial score (nSPS) is 24.3. The molecule has 0 bridgehead atoms. The molecule has 2 atom stereocenters. The minimum atomic E-state index is -0.699. The molecule has 3 N–H and O–H groups in total. The number of aromatic nitrogens is 2. The second-order valence-corrected chi connectivity index (χ2v) is 6.08. The van der Waals surface area contributed by atoms with Crippen LogP contribution in [0.3, 0.4) is 0 Å². The number of nitrogen functional groups attached to an aromatic ring is 1. The average Bonchev–Trinajstić information content (AvgIpc) is 3.04. The zero-order chi connectivity index (χ0) is 15.0. The lowest BCUT2D eigenvalue weighted by Gasteiger charge is -2.20. The number of nitrogens with zero attached hydrogens (tertiary/aromatic N) is 3. The summed E-state index contributed by atoms with van der Waals surface area (Å²) in [7, 11) is 0. The maximum absolute atomic E-state index is 11.5. The number of nitrogens with two attached hydrogens (primary N) is 1. The van der Waals surface area contributed by atoms with Crippen molar-refractivity contribution in [2.45, 2.75) is 39.0 Å². The molecule has 1 saturated heterocycles. The molecule has 6 nitrogen and oxygen atoms in total. The molecule has 0 aromatic carbocycles. The van der Waals surface area contributed by atoms with Crippen LogP contribution in [0.2, 0.25) is 0 Å². The topological polar surface area (TPSA) is 92.3 Å². The molecule has 0 radical (unpaired) electrons. The third kappa shape index (κ3) is 2.54. The van der Waals surface area contributed by atoms with Gasteiger partial charge in [-0.2, -0.15) is 4.98 Å². The Hall–Kier alpha value is -1.85. The van der Waals surface area contributed by atoms with E-state index in [2.05, 4.69) is 21.8 Å². The van der Waals surface area contributed by atoms with Crippen molar-refractivity contribution in [1.29, 1.82) is 0 Å². The van der Waals surface area contributed by atoms with Crippen LogP contribution in [0.4, 0.5) is 11.8 Å². The minimum Gasteiger partial charge on any atom is -0.481 e. The van der Waals surface area contributed by atoms with Crippen LogP contribution in [0, 0.1) is 11.8 Å². The number of aryl methyl sites for hydroxylation is 1. The van der Waals surface area contributed by atoms with E-state index in [0.29, 0.717) is 12.5 Å². The molecule has 1 aromatic rings. The number of fused-ring (bicyclic) bond motifs is 1. The third-order valence-electron chi connectivity index (χ3n) is 4.65. The summed E-state index contributed by atoms with van der Waals surface area (Å²) in [6.45, 7) is 3.39. The lowest BCUT2D eigenvalue weighted by molar-refractivity contribution is -0.142. The SMILES string of the molecule is CCC[C@@H]1CN(c2nc(N)nc3c2CCC3)C[C@H]1C(=O)O. The smallest absolute Gasteiger partial charge is 0.308 e. The number of anilines is 2. The van der Waals surface area contributed by atoms with Crippen molar-refractivity contribution in [2.24, 2.45) is 11.8 Å². The fourth-order valence-electron chi connectivity index (χ4n) is 3.68. The third-order valence-corrected chi connectivity index (χ3v) is 4.65. The van der Waals surface area contributed by atoms with Crippen molar-refractivity contribution >= 4 is 17.7 Å². The Balaban J connectivity index is 1.90. The highest BCUT2D eigenvalue weighted by molar-refractivity contribution is 5.73. The zero-order valence-electron chi connectivity index (χ0n) is 12.4. The van der Waals surface area contributed by atoms with Crippen molar-refractivity contribution in [1.82, 2.24) is 9.97 Å². The summed E-state index contributed by atoms with van der Waals surface area (Å²) >= 11 is 0. The van der Waals surface area contributed by atoms with Crippen LogP contribution >= 0.6 is 0 Å². The summed E-state index contributed by atoms with van der Waals surface area (Å²) in [6, 6.07) is 0. The molecule has 21 heavy (non-hydrogen) atoms. The van der Waals surface area contributed by atoms with Gasteiger partial charge in [0.1, 0.15) is 5.82 Å². The van der Waals surface area contributed by atoms with Crippen LogP contribution < -0.4 is 10.6 Å². The molecular weight excluding hydrogens is 268 g/mol. The number of carboxylic acid groups (broad SMARTS) is 1. The maximum atomic E-state index is 11.5. The molecule has 2 aliphatic rings. The molecule has 1 aliphatic heterocycles. The number of carbonyl (C=O) groups is 1. The molecule has 2 heterocycles. The van der Waals surface area contributed by atoms with E-state index < -0.39 is 5.97 Å². The van der Waals surface area contributed by atoms with Crippen LogP contribution in [0.15, 0.2) is 0 Å². The summed E-state index contributed by atoms with van der Waals surface area (Å²) in [4.78, 5) is 22.3. The highest BCUT2D eigenvalue weighted by Crippen LogP contribution is 2.35. The van der Waals surface area contributed by atoms with Crippen LogP contribution in [-0.4, -0.2) is 34.1 Å². The van der Waals surface area contributed by atoms with E-state index >= 15 is 0 Å². The number of carboxylic acids is 1. The van der Waals surface area contributed by atoms with Gasteiger partial charge in [-0.25, -0.2) is 4.98 Å². The van der Waals surface area contributed by atoms with Crippen LogP contribution in [-0.2, 0) is 17.6 Å². The van der Waals surface area contributed by atoms with E-state index in [4.69, 9.17) is 5.73 Å². The average molecular weight is 290 g/mol. The van der Waals surface area contributed by atoms with E-state index in [1.165, 1.54) is 5.56 Å². The number of rotatable bonds is 4. The number of hydrogen-bond donors (Lipinski definition) is 2. The van der Waals surface area contributed by atoms with Gasteiger partial charge in [0, 0.05) is 18.7 Å². The van der Waals surface area contributed by atoms with E-state index in [1.54, 1.807) is 0 Å². The summed E-state index contributed by atoms with van der Waals surface area (Å²) in [5.74, 6) is 0.366. The molecule has 1 aromatic heterocycles. The van der Waals surface area contributed by atoms with Crippen LogP contribution in [0.5, 0.6) is 0 Å². The summed E-state index contributed by atoms with van der Waals surface area (Å²) < 4.78 is 0. The van der Waals surface area contributed by atoms with Gasteiger partial charge in [0.25, 0.3) is 0 Å². The second kappa shape index (κ2) is 5.50. The van der Waals surface area contributed by atoms with Crippen molar-refractivity contribution in [2.75, 3.05) is 23.7 Å². The summed E-state index contributed by atoms with van der Waals surface area (Å²) in [5, 5.41) is 9.44. The first-order valence-corrected chi connectivity index (χ1v) is 7.73. The van der Waals surface area contributed by atoms with Gasteiger partial charge >= 0.3 is 5.97 Å². The molecule has 114 valence electrons. The Kier molecular flexibility index (Phi) is 3.69. The Labute approximate surface area is 124 Å². The van der Waals surface area contributed by atoms with E-state index in [0.717, 1.165) is 50.2 Å². The Bertz CT molecular complexity index is 561. The largest absolute Gasteiger partial charge is 0.481 e.